The molecule has 3 amide bonds. The first-order chi connectivity index (χ1) is 21.0. The molecule has 0 radical (unpaired) electrons. The first kappa shape index (κ1) is 30.0. The van der Waals surface area contributed by atoms with Crippen LogP contribution in [0, 0.1) is 5.92 Å². The number of aromatic nitrogens is 1. The minimum atomic E-state index is -4.60. The van der Waals surface area contributed by atoms with E-state index in [1.54, 1.807) is 48.5 Å². The number of anilines is 2. The highest BCUT2D eigenvalue weighted by Crippen LogP contribution is 2.54. The van der Waals surface area contributed by atoms with Crippen molar-refractivity contribution < 1.29 is 32.3 Å². The Hall–Kier alpha value is -4.07. The number of halogens is 4. The molecule has 1 aromatic heterocycles. The summed E-state index contributed by atoms with van der Waals surface area (Å²) in [6.07, 6.45) is -4.60. The molecule has 0 aliphatic carbocycles. The molecule has 1 N–H and O–H groups in total. The van der Waals surface area contributed by atoms with Crippen LogP contribution in [0.3, 0.4) is 0 Å². The van der Waals surface area contributed by atoms with Crippen LogP contribution in [0.1, 0.15) is 21.9 Å². The number of rotatable bonds is 6. The summed E-state index contributed by atoms with van der Waals surface area (Å²) in [5.74, 6) is -2.61. The number of methoxy groups -OCH3 is 1. The van der Waals surface area contributed by atoms with Gasteiger partial charge in [0.05, 0.1) is 29.3 Å². The van der Waals surface area contributed by atoms with Crippen molar-refractivity contribution in [2.75, 3.05) is 17.3 Å². The summed E-state index contributed by atoms with van der Waals surface area (Å²) in [4.78, 5) is 55.1. The van der Waals surface area contributed by atoms with E-state index in [4.69, 9.17) is 16.3 Å². The lowest BCUT2D eigenvalue weighted by Gasteiger charge is -2.30. The van der Waals surface area contributed by atoms with Crippen LogP contribution in [0.15, 0.2) is 82.6 Å². The van der Waals surface area contributed by atoms with Gasteiger partial charge in [-0.2, -0.15) is 13.2 Å². The third kappa shape index (κ3) is 5.39. The van der Waals surface area contributed by atoms with E-state index in [-0.39, 0.29) is 5.69 Å². The summed E-state index contributed by atoms with van der Waals surface area (Å²) in [6.45, 7) is -0.510. The highest BCUT2D eigenvalue weighted by atomic mass is 35.5. The van der Waals surface area contributed by atoms with Gasteiger partial charge in [0.25, 0.3) is 0 Å². The number of fused-ring (bicyclic) bond motifs is 2. The molecule has 2 aliphatic heterocycles. The van der Waals surface area contributed by atoms with Gasteiger partial charge in [-0.25, -0.2) is 4.90 Å². The second-order valence-electron chi connectivity index (χ2n) is 10.1. The maximum Gasteiger partial charge on any atom is 0.416 e. The zero-order valence-electron chi connectivity index (χ0n) is 22.6. The predicted molar refractivity (Wildman–Crippen MR) is 161 cm³/mol. The Bertz CT molecular complexity index is 1840. The van der Waals surface area contributed by atoms with E-state index in [0.717, 1.165) is 40.1 Å². The van der Waals surface area contributed by atoms with E-state index in [9.17, 15) is 32.3 Å². The van der Waals surface area contributed by atoms with Crippen LogP contribution in [-0.2, 0) is 27.1 Å². The summed E-state index contributed by atoms with van der Waals surface area (Å²) in [5.41, 5.74) is 0.0114. The van der Waals surface area contributed by atoms with E-state index in [2.05, 4.69) is 5.32 Å². The molecule has 226 valence electrons. The lowest BCUT2D eigenvalue weighted by atomic mass is 9.83. The first-order valence-electron chi connectivity index (χ1n) is 13.1. The molecule has 3 heterocycles. The summed E-state index contributed by atoms with van der Waals surface area (Å²) in [6, 6.07) is 17.4. The number of thioether (sulfide) groups is 1. The van der Waals surface area contributed by atoms with E-state index >= 15 is 0 Å². The molecule has 44 heavy (non-hydrogen) atoms. The Labute approximate surface area is 261 Å². The van der Waals surface area contributed by atoms with E-state index in [1.807, 2.05) is 0 Å². The number of thiazole rings is 1. The second kappa shape index (κ2) is 11.5. The standard InChI is InChI=1S/C30H21ClF3N3O5S2/c1-42-20-11-5-15(6-12-20)22-23-24(27(40)37(26(23)39)19-9-7-17(31)8-10-19)43-28-25(22)44-29(41)36(28)14-21(38)35-18-4-2-3-16(13-18)30(32,33)34/h2-13,22-24H,14H2,1H3,(H,35,38)/t22-,23?,24?/m1/s1. The van der Waals surface area contributed by atoms with Gasteiger partial charge in [0, 0.05) is 21.5 Å². The maximum absolute atomic E-state index is 13.9. The lowest BCUT2D eigenvalue weighted by molar-refractivity contribution is -0.137. The van der Waals surface area contributed by atoms with Crippen LogP contribution in [0.2, 0.25) is 5.02 Å². The summed E-state index contributed by atoms with van der Waals surface area (Å²) in [5, 5.41) is 2.29. The van der Waals surface area contributed by atoms with Crippen LogP contribution < -0.4 is 19.8 Å². The highest BCUT2D eigenvalue weighted by Gasteiger charge is 2.56. The largest absolute Gasteiger partial charge is 0.497 e. The fraction of sp³-hybridized carbons (Fsp3) is 0.200. The third-order valence-corrected chi connectivity index (χ3v) is 10.2. The molecule has 2 unspecified atom stereocenters. The number of carbonyl (C=O) groups excluding carboxylic acids is 3. The quantitative estimate of drug-likeness (QED) is 0.254. The fourth-order valence-electron chi connectivity index (χ4n) is 5.39. The number of ether oxygens (including phenoxy) is 1. The van der Waals surface area contributed by atoms with Crippen LogP contribution in [0.5, 0.6) is 5.75 Å². The summed E-state index contributed by atoms with van der Waals surface area (Å²) < 4.78 is 46.0. The Morgan fingerprint density at radius 2 is 1.70 bits per heavy atom. The summed E-state index contributed by atoms with van der Waals surface area (Å²) in [7, 11) is 1.51. The smallest absolute Gasteiger partial charge is 0.416 e. The monoisotopic (exact) mass is 659 g/mol. The van der Waals surface area contributed by atoms with E-state index in [0.29, 0.717) is 31.9 Å². The van der Waals surface area contributed by atoms with Gasteiger partial charge in [-0.15, -0.1) is 0 Å². The van der Waals surface area contributed by atoms with Gasteiger partial charge in [0.2, 0.25) is 17.7 Å². The molecule has 0 saturated carbocycles. The third-order valence-electron chi connectivity index (χ3n) is 7.38. The van der Waals surface area contributed by atoms with Crippen molar-refractivity contribution >= 4 is 63.8 Å². The molecular weight excluding hydrogens is 639 g/mol. The van der Waals surface area contributed by atoms with Crippen LogP contribution in [0.25, 0.3) is 0 Å². The number of benzene rings is 3. The topological polar surface area (TPSA) is 97.7 Å². The molecule has 1 fully saturated rings. The lowest BCUT2D eigenvalue weighted by Crippen LogP contribution is -2.33. The number of hydrogen-bond acceptors (Lipinski definition) is 7. The van der Waals surface area contributed by atoms with E-state index in [1.165, 1.54) is 23.8 Å². The molecule has 8 nitrogen and oxygen atoms in total. The molecule has 2 aliphatic rings. The van der Waals surface area contributed by atoms with Crippen LogP contribution in [-0.4, -0.2) is 34.6 Å². The number of alkyl halides is 3. The van der Waals surface area contributed by atoms with Crippen molar-refractivity contribution in [3.63, 3.8) is 0 Å². The Morgan fingerprint density at radius 1 is 1.00 bits per heavy atom. The molecule has 3 atom stereocenters. The molecule has 3 aromatic carbocycles. The normalized spacial score (nSPS) is 19.5. The van der Waals surface area contributed by atoms with E-state index < -0.39 is 58.0 Å². The number of carbonyl (C=O) groups is 3. The van der Waals surface area contributed by atoms with Gasteiger partial charge in [-0.05, 0) is 60.2 Å². The van der Waals surface area contributed by atoms with Crippen molar-refractivity contribution in [3.8, 4) is 5.75 Å². The van der Waals surface area contributed by atoms with Crippen molar-refractivity contribution in [3.05, 3.63) is 103 Å². The van der Waals surface area contributed by atoms with Crippen molar-refractivity contribution in [1.82, 2.24) is 4.57 Å². The molecule has 1 saturated heterocycles. The zero-order chi connectivity index (χ0) is 31.3. The van der Waals surface area contributed by atoms with Gasteiger partial charge in [-0.1, -0.05) is 52.9 Å². The maximum atomic E-state index is 13.9. The fourth-order valence-corrected chi connectivity index (χ4v) is 8.29. The first-order valence-corrected chi connectivity index (χ1v) is 15.2. The van der Waals surface area contributed by atoms with Crippen LogP contribution >= 0.6 is 34.7 Å². The van der Waals surface area contributed by atoms with Crippen molar-refractivity contribution in [2.45, 2.75) is 28.9 Å². The molecule has 4 aromatic rings. The van der Waals surface area contributed by atoms with Gasteiger partial charge in [0.1, 0.15) is 17.5 Å². The highest BCUT2D eigenvalue weighted by molar-refractivity contribution is 8.00. The van der Waals surface area contributed by atoms with Crippen molar-refractivity contribution in [1.29, 1.82) is 0 Å². The number of imide groups is 1. The molecule has 14 heteroatoms. The van der Waals surface area contributed by atoms with Gasteiger partial charge in [-0.3, -0.25) is 23.7 Å². The minimum absolute atomic E-state index is 0.0824. The SMILES string of the molecule is COc1ccc([C@H]2c3sc(=O)n(CC(=O)Nc4cccc(C(F)(F)F)c4)c3SC3C(=O)N(c4ccc(Cl)cc4)C(=O)C32)cc1. The number of nitrogens with zero attached hydrogens (tertiary/aromatic N) is 2. The molecular formula is C30H21ClF3N3O5S2. The number of amides is 3. The zero-order valence-corrected chi connectivity index (χ0v) is 25.0. The van der Waals surface area contributed by atoms with Crippen molar-refractivity contribution in [2.24, 2.45) is 5.92 Å². The molecule has 0 bridgehead atoms. The molecule has 6 rings (SSSR count). The minimum Gasteiger partial charge on any atom is -0.497 e. The Balaban J connectivity index is 1.38. The average molecular weight is 660 g/mol. The van der Waals surface area contributed by atoms with Crippen LogP contribution in [0.4, 0.5) is 24.5 Å². The Morgan fingerprint density at radius 3 is 2.36 bits per heavy atom. The average Bonchev–Trinajstić information content (AvgIpc) is 3.43. The Kier molecular flexibility index (Phi) is 7.80. The van der Waals surface area contributed by atoms with Gasteiger partial charge in [0.15, 0.2) is 0 Å². The summed E-state index contributed by atoms with van der Waals surface area (Å²) >= 11 is 7.92. The second-order valence-corrected chi connectivity index (χ2v) is 12.6. The number of nitrogens with one attached hydrogen (secondary N) is 1. The number of hydrogen-bond donors (Lipinski definition) is 1. The predicted octanol–water partition coefficient (Wildman–Crippen LogP) is 6.03. The van der Waals surface area contributed by atoms with Gasteiger partial charge < -0.3 is 10.1 Å². The molecule has 0 spiro atoms. The van der Waals surface area contributed by atoms with Gasteiger partial charge >= 0.3 is 11.0 Å².